The van der Waals surface area contributed by atoms with Crippen LogP contribution in [0.15, 0.2) is 25.4 Å². The smallest absolute Gasteiger partial charge is 0.302 e. The number of hydrogen-bond donors (Lipinski definition) is 5. The molecule has 0 heterocycles. The number of nitrogens with zero attached hydrogens (tertiary/aromatic N) is 5. The summed E-state index contributed by atoms with van der Waals surface area (Å²) in [5.74, 6) is -1.35. The maximum absolute atomic E-state index is 12.2. The Kier molecular flexibility index (Phi) is 12.4. The lowest BCUT2D eigenvalue weighted by atomic mass is 9.65. The van der Waals surface area contributed by atoms with Gasteiger partial charge in [0.25, 0.3) is 20.2 Å². The number of ether oxygens (including phenoxy) is 1. The summed E-state index contributed by atoms with van der Waals surface area (Å²) in [4.78, 5) is 4.39. The minimum atomic E-state index is -4.45. The Morgan fingerprint density at radius 3 is 2.04 bits per heavy atom. The molecule has 20 heteroatoms. The van der Waals surface area contributed by atoms with Crippen LogP contribution in [-0.4, -0.2) is 112 Å². The highest BCUT2D eigenvalue weighted by Crippen LogP contribution is 2.47. The Morgan fingerprint density at radius 2 is 1.42 bits per heavy atom. The number of fused-ring (bicyclic) bond motifs is 2. The Morgan fingerprint density at radius 1 is 0.771 bits per heavy atom. The molecular formula is C28H48N6O11S3. The van der Waals surface area contributed by atoms with Crippen molar-refractivity contribution in [2.45, 2.75) is 136 Å². The molecule has 0 aromatic heterocycles. The highest BCUT2D eigenvalue weighted by atomic mass is 32.2. The van der Waals surface area contributed by atoms with E-state index in [0.29, 0.717) is 19.3 Å². The second-order valence-electron chi connectivity index (χ2n) is 14.1. The molecule has 5 aliphatic rings. The third-order valence-corrected chi connectivity index (χ3v) is 14.3. The van der Waals surface area contributed by atoms with Crippen LogP contribution in [0.2, 0.25) is 0 Å². The van der Waals surface area contributed by atoms with Crippen molar-refractivity contribution in [3.05, 3.63) is 0 Å². The van der Waals surface area contributed by atoms with Gasteiger partial charge in [-0.05, 0) is 101 Å². The molecular weight excluding hydrogens is 693 g/mol. The standard InChI is InChI=1S/C28H48N6O11S3/c1-44-14-30-16-2-4-17(5-3-16)31-32-23-8-9-24(21-12-18(47(38,39)40)6-7-19(21)23)33-34-27-25(45-46(36)37)10-15-11-26(48(41,42)43)22(29)13-20(15)28(27)35/h14-28,35H,2-13,29H2,1H3,(H,36,37)(H,38,39,40)(H,41,42,43). The molecule has 0 aliphatic heterocycles. The number of hydrogen-bond acceptors (Lipinski definition) is 14. The predicted molar refractivity (Wildman–Crippen MR) is 174 cm³/mol. The van der Waals surface area contributed by atoms with Crippen LogP contribution in [0.5, 0.6) is 0 Å². The molecule has 5 aliphatic carbocycles. The molecule has 0 saturated heterocycles. The lowest BCUT2D eigenvalue weighted by molar-refractivity contribution is -0.0580. The first-order valence-corrected chi connectivity index (χ1v) is 20.7. The fourth-order valence-electron chi connectivity index (χ4n) is 8.84. The van der Waals surface area contributed by atoms with Crippen LogP contribution in [0, 0.1) is 23.7 Å². The van der Waals surface area contributed by atoms with Crippen LogP contribution in [0.25, 0.3) is 0 Å². The van der Waals surface area contributed by atoms with Gasteiger partial charge >= 0.3 is 11.4 Å². The molecule has 17 nitrogen and oxygen atoms in total. The molecule has 0 aromatic carbocycles. The van der Waals surface area contributed by atoms with E-state index >= 15 is 0 Å². The van der Waals surface area contributed by atoms with E-state index in [2.05, 4.69) is 15.2 Å². The van der Waals surface area contributed by atoms with Gasteiger partial charge in [-0.1, -0.05) is 0 Å². The summed E-state index contributed by atoms with van der Waals surface area (Å²) < 4.78 is 99.3. The van der Waals surface area contributed by atoms with E-state index in [1.807, 2.05) is 0 Å². The van der Waals surface area contributed by atoms with Crippen molar-refractivity contribution >= 4 is 38.0 Å². The highest BCUT2D eigenvalue weighted by molar-refractivity contribution is 7.86. The second-order valence-corrected chi connectivity index (χ2v) is 18.0. The van der Waals surface area contributed by atoms with Gasteiger partial charge in [0.1, 0.15) is 17.4 Å². The minimum Gasteiger partial charge on any atom is -0.487 e. The van der Waals surface area contributed by atoms with E-state index in [1.165, 1.54) is 6.40 Å². The van der Waals surface area contributed by atoms with E-state index in [9.17, 15) is 39.8 Å². The van der Waals surface area contributed by atoms with Crippen LogP contribution >= 0.6 is 0 Å². The molecule has 0 bridgehead atoms. The normalized spacial score (nSPS) is 43.6. The first kappa shape index (κ1) is 37.7. The molecule has 0 aromatic rings. The number of aliphatic hydroxyl groups is 1. The summed E-state index contributed by atoms with van der Waals surface area (Å²) in [5, 5.41) is 27.8. The second kappa shape index (κ2) is 15.8. The Balaban J connectivity index is 1.32. The largest absolute Gasteiger partial charge is 0.487 e. The summed E-state index contributed by atoms with van der Waals surface area (Å²) in [7, 11) is -7.19. The van der Waals surface area contributed by atoms with E-state index < -0.39 is 84.3 Å². The van der Waals surface area contributed by atoms with Crippen molar-refractivity contribution in [3.63, 3.8) is 0 Å². The van der Waals surface area contributed by atoms with Crippen molar-refractivity contribution in [3.8, 4) is 0 Å². The van der Waals surface area contributed by atoms with Gasteiger partial charge in [0.05, 0.1) is 42.6 Å². The van der Waals surface area contributed by atoms with E-state index in [0.717, 1.165) is 25.7 Å². The van der Waals surface area contributed by atoms with Crippen molar-refractivity contribution in [2.24, 2.45) is 54.9 Å². The molecule has 0 spiro atoms. The van der Waals surface area contributed by atoms with Crippen LogP contribution in [0.3, 0.4) is 0 Å². The van der Waals surface area contributed by atoms with Crippen molar-refractivity contribution < 1.29 is 48.7 Å². The van der Waals surface area contributed by atoms with Crippen LogP contribution < -0.4 is 5.73 Å². The zero-order chi connectivity index (χ0) is 34.8. The van der Waals surface area contributed by atoms with E-state index in [-0.39, 0.29) is 62.1 Å². The number of rotatable bonds is 10. The lowest BCUT2D eigenvalue weighted by Crippen LogP contribution is -2.58. The van der Waals surface area contributed by atoms with Gasteiger partial charge < -0.3 is 15.6 Å². The molecule has 5 saturated carbocycles. The van der Waals surface area contributed by atoms with Crippen molar-refractivity contribution in [1.29, 1.82) is 0 Å². The third-order valence-electron chi connectivity index (χ3n) is 11.3. The number of aliphatic hydroxyl groups excluding tert-OH is 1. The lowest BCUT2D eigenvalue weighted by Gasteiger charge is -2.48. The monoisotopic (exact) mass is 740 g/mol. The van der Waals surface area contributed by atoms with Gasteiger partial charge in [0, 0.05) is 6.04 Å². The average molecular weight is 741 g/mol. The van der Waals surface area contributed by atoms with Gasteiger partial charge in [-0.3, -0.25) is 22.8 Å². The number of aliphatic imine (C=N–C) groups is 1. The fraction of sp³-hybridized carbons (Fsp3) is 0.964. The topological polar surface area (TPSA) is 273 Å². The quantitative estimate of drug-likeness (QED) is 0.0710. The van der Waals surface area contributed by atoms with Gasteiger partial charge in [0.2, 0.25) is 0 Å². The van der Waals surface area contributed by atoms with E-state index in [1.54, 1.807) is 7.11 Å². The summed E-state index contributed by atoms with van der Waals surface area (Å²) in [5.41, 5.74) is 6.10. The zero-order valence-electron chi connectivity index (χ0n) is 26.8. The molecule has 6 N–H and O–H groups in total. The average Bonchev–Trinajstić information content (AvgIpc) is 3.02. The number of methoxy groups -OCH3 is 1. The van der Waals surface area contributed by atoms with Gasteiger partial charge in [-0.2, -0.15) is 41.5 Å². The SMILES string of the molecule is COC=NC1CCC(N=NC2CCC(N=NC3C(OS(=O)O)CC4CC(S(=O)(=O)O)C(N)CC4C3O)C3CC(S(=O)(=O)O)CCC23)CC1. The van der Waals surface area contributed by atoms with Crippen LogP contribution in [0.4, 0.5) is 0 Å². The third kappa shape index (κ3) is 9.03. The first-order chi connectivity index (χ1) is 22.7. The number of nitrogens with two attached hydrogens (primary N) is 1. The van der Waals surface area contributed by atoms with Crippen molar-refractivity contribution in [2.75, 3.05) is 7.11 Å². The maximum atomic E-state index is 12.2. The van der Waals surface area contributed by atoms with Gasteiger partial charge in [0.15, 0.2) is 6.40 Å². The molecule has 48 heavy (non-hydrogen) atoms. The van der Waals surface area contributed by atoms with Gasteiger partial charge in [-0.25, -0.2) is 0 Å². The molecule has 0 amide bonds. The Bertz CT molecular complexity index is 1440. The molecule has 13 atom stereocenters. The summed E-state index contributed by atoms with van der Waals surface area (Å²) in [6.07, 6.45) is 4.81. The minimum absolute atomic E-state index is 0.0496. The Labute approximate surface area is 284 Å². The summed E-state index contributed by atoms with van der Waals surface area (Å²) in [6.45, 7) is 0. The predicted octanol–water partition coefficient (Wildman–Crippen LogP) is 2.35. The van der Waals surface area contributed by atoms with Crippen molar-refractivity contribution in [1.82, 2.24) is 0 Å². The van der Waals surface area contributed by atoms with Crippen LogP contribution in [0.1, 0.15) is 77.0 Å². The molecule has 13 unspecified atom stereocenters. The van der Waals surface area contributed by atoms with Gasteiger partial charge in [-0.15, -0.1) is 0 Å². The van der Waals surface area contributed by atoms with E-state index in [4.69, 9.17) is 24.9 Å². The molecule has 5 fully saturated rings. The maximum Gasteiger partial charge on any atom is 0.302 e. The summed E-state index contributed by atoms with van der Waals surface area (Å²) >= 11 is -2.72. The Hall–Kier alpha value is -1.52. The van der Waals surface area contributed by atoms with Crippen LogP contribution in [-0.2, 0) is 40.5 Å². The fourth-order valence-corrected chi connectivity index (χ4v) is 11.2. The number of azo groups is 2. The zero-order valence-corrected chi connectivity index (χ0v) is 29.3. The molecule has 274 valence electrons. The highest BCUT2D eigenvalue weighted by Gasteiger charge is 2.52. The molecule has 0 radical (unpaired) electrons. The molecule has 5 rings (SSSR count). The summed E-state index contributed by atoms with van der Waals surface area (Å²) in [6, 6.07) is -2.34. The first-order valence-electron chi connectivity index (χ1n) is 16.6.